The van der Waals surface area contributed by atoms with E-state index in [9.17, 15) is 9.59 Å². The maximum Gasteiger partial charge on any atom is 0.345 e. The fraction of sp³-hybridized carbons (Fsp3) is 0.111. The zero-order valence-electron chi connectivity index (χ0n) is 12.7. The number of ether oxygens (including phenoxy) is 1. The van der Waals surface area contributed by atoms with E-state index in [-0.39, 0.29) is 12.2 Å². The van der Waals surface area contributed by atoms with Gasteiger partial charge in [-0.1, -0.05) is 36.4 Å². The molecule has 0 aliphatic heterocycles. The minimum Gasteiger partial charge on any atom is -0.462 e. The van der Waals surface area contributed by atoms with E-state index in [2.05, 4.69) is 0 Å². The van der Waals surface area contributed by atoms with Crippen LogP contribution in [-0.4, -0.2) is 21.9 Å². The first-order chi connectivity index (χ1) is 11.2. The van der Waals surface area contributed by atoms with Crippen LogP contribution in [0.1, 0.15) is 17.3 Å². The minimum absolute atomic E-state index is 0.0135. The van der Waals surface area contributed by atoms with Crippen molar-refractivity contribution in [3.05, 3.63) is 82.8 Å². The van der Waals surface area contributed by atoms with Crippen LogP contribution in [0.25, 0.3) is 11.4 Å². The summed E-state index contributed by atoms with van der Waals surface area (Å²) in [5.41, 5.74) is 1.07. The Labute approximate surface area is 133 Å². The zero-order valence-corrected chi connectivity index (χ0v) is 12.7. The van der Waals surface area contributed by atoms with Gasteiger partial charge in [0, 0.05) is 6.20 Å². The molecule has 2 aromatic carbocycles. The van der Waals surface area contributed by atoms with Gasteiger partial charge in [0.05, 0.1) is 18.0 Å². The lowest BCUT2D eigenvalue weighted by atomic mass is 10.3. The molecule has 0 spiro atoms. The summed E-state index contributed by atoms with van der Waals surface area (Å²) in [5.74, 6) is -0.614. The predicted octanol–water partition coefficient (Wildman–Crippen LogP) is 2.80. The maximum absolute atomic E-state index is 12.7. The summed E-state index contributed by atoms with van der Waals surface area (Å²) in [6.45, 7) is 1.93. The molecule has 3 rings (SSSR count). The van der Waals surface area contributed by atoms with E-state index in [1.165, 1.54) is 10.9 Å². The van der Waals surface area contributed by atoms with Gasteiger partial charge in [-0.25, -0.2) is 9.48 Å². The lowest BCUT2D eigenvalue weighted by molar-refractivity contribution is 0.0525. The van der Waals surface area contributed by atoms with E-state index in [1.54, 1.807) is 11.6 Å². The van der Waals surface area contributed by atoms with Gasteiger partial charge < -0.3 is 4.74 Å². The standard InChI is InChI=1S/C18H16N2O3/c1-2-23-18(22)16-13-19(14-9-5-3-6-10-14)20(17(16)21)15-11-7-4-8-12-15/h3-13H,2H2,1H3. The van der Waals surface area contributed by atoms with Crippen LogP contribution in [0, 0.1) is 0 Å². The average Bonchev–Trinajstić information content (AvgIpc) is 2.94. The molecule has 116 valence electrons. The van der Waals surface area contributed by atoms with Crippen LogP contribution >= 0.6 is 0 Å². The first-order valence-electron chi connectivity index (χ1n) is 7.35. The molecular weight excluding hydrogens is 292 g/mol. The molecule has 0 unspecified atom stereocenters. The lowest BCUT2D eigenvalue weighted by Crippen LogP contribution is -2.23. The SMILES string of the molecule is CCOC(=O)c1cn(-c2ccccc2)n(-c2ccccc2)c1=O. The van der Waals surface area contributed by atoms with E-state index in [0.717, 1.165) is 5.69 Å². The lowest BCUT2D eigenvalue weighted by Gasteiger charge is -2.11. The second kappa shape index (κ2) is 6.36. The molecule has 5 heteroatoms. The number of benzene rings is 2. The molecule has 0 saturated heterocycles. The van der Waals surface area contributed by atoms with Crippen LogP contribution in [0.3, 0.4) is 0 Å². The molecule has 0 aliphatic carbocycles. The fourth-order valence-corrected chi connectivity index (χ4v) is 2.38. The van der Waals surface area contributed by atoms with Crippen molar-refractivity contribution in [1.29, 1.82) is 0 Å². The Balaban J connectivity index is 2.24. The van der Waals surface area contributed by atoms with Crippen LogP contribution in [-0.2, 0) is 4.74 Å². The molecular formula is C18H16N2O3. The van der Waals surface area contributed by atoms with E-state index in [1.807, 2.05) is 60.7 Å². The van der Waals surface area contributed by atoms with Gasteiger partial charge >= 0.3 is 5.97 Å². The largest absolute Gasteiger partial charge is 0.462 e. The number of hydrogen-bond donors (Lipinski definition) is 0. The number of esters is 1. The first kappa shape index (κ1) is 14.8. The van der Waals surface area contributed by atoms with Crippen molar-refractivity contribution in [2.24, 2.45) is 0 Å². The molecule has 0 N–H and O–H groups in total. The molecule has 0 saturated carbocycles. The average molecular weight is 308 g/mol. The van der Waals surface area contributed by atoms with E-state index < -0.39 is 11.5 Å². The summed E-state index contributed by atoms with van der Waals surface area (Å²) in [4.78, 5) is 24.8. The molecule has 0 radical (unpaired) electrons. The fourth-order valence-electron chi connectivity index (χ4n) is 2.38. The Morgan fingerprint density at radius 2 is 1.52 bits per heavy atom. The van der Waals surface area contributed by atoms with Gasteiger partial charge in [-0.05, 0) is 31.2 Å². The summed E-state index contributed by atoms with van der Waals surface area (Å²) >= 11 is 0. The molecule has 0 amide bonds. The minimum atomic E-state index is -0.614. The van der Waals surface area contributed by atoms with E-state index >= 15 is 0 Å². The normalized spacial score (nSPS) is 10.5. The van der Waals surface area contributed by atoms with E-state index in [4.69, 9.17) is 4.74 Å². The molecule has 1 aromatic heterocycles. The van der Waals surface area contributed by atoms with E-state index in [0.29, 0.717) is 5.69 Å². The summed E-state index contributed by atoms with van der Waals surface area (Å²) < 4.78 is 8.10. The number of nitrogens with zero attached hydrogens (tertiary/aromatic N) is 2. The number of carbonyl (C=O) groups excluding carboxylic acids is 1. The third-order valence-electron chi connectivity index (χ3n) is 3.41. The highest BCUT2D eigenvalue weighted by Gasteiger charge is 2.20. The molecule has 0 bridgehead atoms. The van der Waals surface area contributed by atoms with Gasteiger partial charge in [0.2, 0.25) is 0 Å². The Hall–Kier alpha value is -3.08. The molecule has 0 aliphatic rings. The van der Waals surface area contributed by atoms with Gasteiger partial charge in [0.25, 0.3) is 5.56 Å². The van der Waals surface area contributed by atoms with Crippen molar-refractivity contribution in [3.8, 4) is 11.4 Å². The molecule has 1 heterocycles. The summed E-state index contributed by atoms with van der Waals surface area (Å²) in [5, 5.41) is 0. The third kappa shape index (κ3) is 2.81. The third-order valence-corrected chi connectivity index (χ3v) is 3.41. The van der Waals surface area contributed by atoms with Crippen molar-refractivity contribution in [2.45, 2.75) is 6.92 Å². The summed E-state index contributed by atoms with van der Waals surface area (Å²) in [6.07, 6.45) is 1.52. The van der Waals surface area contributed by atoms with Crippen molar-refractivity contribution in [2.75, 3.05) is 6.61 Å². The van der Waals surface area contributed by atoms with Crippen molar-refractivity contribution in [3.63, 3.8) is 0 Å². The molecule has 5 nitrogen and oxygen atoms in total. The Morgan fingerprint density at radius 1 is 0.957 bits per heavy atom. The number of rotatable bonds is 4. The molecule has 23 heavy (non-hydrogen) atoms. The van der Waals surface area contributed by atoms with Gasteiger partial charge in [-0.15, -0.1) is 0 Å². The molecule has 3 aromatic rings. The highest BCUT2D eigenvalue weighted by molar-refractivity contribution is 5.89. The highest BCUT2D eigenvalue weighted by Crippen LogP contribution is 2.13. The van der Waals surface area contributed by atoms with Gasteiger partial charge in [-0.2, -0.15) is 0 Å². The Kier molecular flexibility index (Phi) is 4.10. The number of carbonyl (C=O) groups is 1. The summed E-state index contributed by atoms with van der Waals surface area (Å²) in [6, 6.07) is 18.6. The topological polar surface area (TPSA) is 53.2 Å². The van der Waals surface area contributed by atoms with Crippen LogP contribution < -0.4 is 5.56 Å². The van der Waals surface area contributed by atoms with Crippen molar-refractivity contribution < 1.29 is 9.53 Å². The van der Waals surface area contributed by atoms with Crippen LogP contribution in [0.2, 0.25) is 0 Å². The Morgan fingerprint density at radius 3 is 2.09 bits per heavy atom. The Bertz CT molecular complexity index is 864. The van der Waals surface area contributed by atoms with Crippen molar-refractivity contribution in [1.82, 2.24) is 9.36 Å². The second-order valence-electron chi connectivity index (χ2n) is 4.90. The number of aromatic nitrogens is 2. The highest BCUT2D eigenvalue weighted by atomic mass is 16.5. The number of hydrogen-bond acceptors (Lipinski definition) is 3. The second-order valence-corrected chi connectivity index (χ2v) is 4.90. The number of para-hydroxylation sites is 2. The van der Waals surface area contributed by atoms with Gasteiger partial charge in [0.1, 0.15) is 5.56 Å². The van der Waals surface area contributed by atoms with Crippen LogP contribution in [0.5, 0.6) is 0 Å². The molecule has 0 atom stereocenters. The van der Waals surface area contributed by atoms with Crippen LogP contribution in [0.15, 0.2) is 71.7 Å². The zero-order chi connectivity index (χ0) is 16.2. The van der Waals surface area contributed by atoms with Crippen LogP contribution in [0.4, 0.5) is 0 Å². The van der Waals surface area contributed by atoms with Crippen molar-refractivity contribution >= 4 is 5.97 Å². The quantitative estimate of drug-likeness (QED) is 0.696. The van der Waals surface area contributed by atoms with Gasteiger partial charge in [0.15, 0.2) is 0 Å². The predicted molar refractivity (Wildman–Crippen MR) is 87.3 cm³/mol. The van der Waals surface area contributed by atoms with Gasteiger partial charge in [-0.3, -0.25) is 9.48 Å². The maximum atomic E-state index is 12.7. The molecule has 0 fully saturated rings. The smallest absolute Gasteiger partial charge is 0.345 e. The summed E-state index contributed by atoms with van der Waals surface area (Å²) in [7, 11) is 0. The first-order valence-corrected chi connectivity index (χ1v) is 7.35. The monoisotopic (exact) mass is 308 g/mol.